The first-order valence-electron chi connectivity index (χ1n) is 18.9. The molecule has 0 aromatic heterocycles. The van der Waals surface area contributed by atoms with Gasteiger partial charge < -0.3 is 24.4 Å². The molecule has 7 rings (SSSR count). The zero-order valence-corrected chi connectivity index (χ0v) is 32.7. The zero-order chi connectivity index (χ0) is 37.2. The lowest BCUT2D eigenvalue weighted by molar-refractivity contribution is -0.119. The van der Waals surface area contributed by atoms with Crippen LogP contribution in [-0.4, -0.2) is 71.7 Å². The standard InChI is InChI=1S/C32H32ClNO2S.C11H20N2O3/c33-27-11-5-23(6-12-27)24-7-13-29(14-8-24)35-30-17-19-34(20-18-30)37-32-16-10-25-21-31(15-9-26(25)22-32)36-28-3-1-2-4-28;1-11(2,3)16-10(15)12-9-4-6-13(8-14)7-5-9/h5-16,21-22,28,30H,1-4,17-20H2;8-9H,4-7H2,1-3H3,(H,12,15). The van der Waals surface area contributed by atoms with E-state index in [4.69, 9.17) is 25.8 Å². The van der Waals surface area contributed by atoms with Crippen molar-refractivity contribution in [3.63, 3.8) is 0 Å². The van der Waals surface area contributed by atoms with Crippen molar-refractivity contribution in [1.29, 1.82) is 0 Å². The quantitative estimate of drug-likeness (QED) is 0.135. The summed E-state index contributed by atoms with van der Waals surface area (Å²) in [5.74, 6) is 1.94. The number of ether oxygens (including phenoxy) is 3. The molecule has 2 saturated heterocycles. The maximum atomic E-state index is 11.5. The molecule has 2 amide bonds. The van der Waals surface area contributed by atoms with E-state index in [0.717, 1.165) is 67.3 Å². The molecule has 4 aromatic rings. The summed E-state index contributed by atoms with van der Waals surface area (Å²) in [7, 11) is 0. The van der Waals surface area contributed by atoms with Crippen LogP contribution in [0, 0.1) is 0 Å². The number of rotatable bonds is 9. The summed E-state index contributed by atoms with van der Waals surface area (Å²) >= 11 is 7.87. The molecule has 0 spiro atoms. The SMILES string of the molecule is CC(C)(C)OC(=O)NC1CCN(C=O)CC1.Clc1ccc(-c2ccc(OC3CCN(Sc4ccc5cc(OC6CCCC6)ccc5c4)CC3)cc2)cc1. The van der Waals surface area contributed by atoms with Gasteiger partial charge in [0.1, 0.15) is 23.2 Å². The van der Waals surface area contributed by atoms with Crippen LogP contribution in [0.15, 0.2) is 89.8 Å². The van der Waals surface area contributed by atoms with Gasteiger partial charge in [0.05, 0.1) is 6.10 Å². The Kier molecular flexibility index (Phi) is 13.5. The van der Waals surface area contributed by atoms with Gasteiger partial charge in [-0.3, -0.25) is 4.79 Å². The van der Waals surface area contributed by atoms with Gasteiger partial charge in [-0.05, 0) is 155 Å². The predicted molar refractivity (Wildman–Crippen MR) is 215 cm³/mol. The number of likely N-dealkylation sites (tertiary alicyclic amines) is 1. The van der Waals surface area contributed by atoms with Crippen molar-refractivity contribution >= 4 is 46.8 Å². The molecule has 8 nitrogen and oxygen atoms in total. The Balaban J connectivity index is 0.000000253. The average Bonchev–Trinajstić information content (AvgIpc) is 3.66. The smallest absolute Gasteiger partial charge is 0.407 e. The van der Waals surface area contributed by atoms with Crippen molar-refractivity contribution in [1.82, 2.24) is 14.5 Å². The Morgan fingerprint density at radius 3 is 1.94 bits per heavy atom. The fraction of sp³-hybridized carbons (Fsp3) is 0.442. The first-order chi connectivity index (χ1) is 25.6. The van der Waals surface area contributed by atoms with Gasteiger partial charge >= 0.3 is 6.09 Å². The second-order valence-corrected chi connectivity index (χ2v) is 16.7. The van der Waals surface area contributed by atoms with Crippen molar-refractivity contribution in [2.45, 2.75) is 101 Å². The number of hydrogen-bond acceptors (Lipinski definition) is 7. The summed E-state index contributed by atoms with van der Waals surface area (Å²) in [5, 5.41) is 6.09. The highest BCUT2D eigenvalue weighted by atomic mass is 35.5. The Morgan fingerprint density at radius 2 is 1.30 bits per heavy atom. The van der Waals surface area contributed by atoms with E-state index in [0.29, 0.717) is 19.2 Å². The van der Waals surface area contributed by atoms with Crippen molar-refractivity contribution in [2.24, 2.45) is 0 Å². The molecule has 0 bridgehead atoms. The number of hydrogen-bond donors (Lipinski definition) is 1. The summed E-state index contributed by atoms with van der Waals surface area (Å²) in [5.41, 5.74) is 1.86. The molecule has 53 heavy (non-hydrogen) atoms. The van der Waals surface area contributed by atoms with E-state index in [9.17, 15) is 9.59 Å². The van der Waals surface area contributed by atoms with E-state index >= 15 is 0 Å². The molecule has 0 unspecified atom stereocenters. The van der Waals surface area contributed by atoms with E-state index in [1.165, 1.54) is 46.9 Å². The Morgan fingerprint density at radius 1 is 0.736 bits per heavy atom. The summed E-state index contributed by atoms with van der Waals surface area (Å²) in [4.78, 5) is 25.0. The van der Waals surface area contributed by atoms with Crippen LogP contribution < -0.4 is 14.8 Å². The number of carbonyl (C=O) groups excluding carboxylic acids is 2. The largest absolute Gasteiger partial charge is 0.490 e. The van der Waals surface area contributed by atoms with Crippen molar-refractivity contribution < 1.29 is 23.8 Å². The van der Waals surface area contributed by atoms with Gasteiger partial charge in [0.15, 0.2) is 0 Å². The van der Waals surface area contributed by atoms with Gasteiger partial charge in [-0.15, -0.1) is 0 Å². The minimum absolute atomic E-state index is 0.117. The highest BCUT2D eigenvalue weighted by Crippen LogP contribution is 2.33. The van der Waals surface area contributed by atoms with Crippen molar-refractivity contribution in [3.05, 3.63) is 90.0 Å². The summed E-state index contributed by atoms with van der Waals surface area (Å²) in [6, 6.07) is 29.7. The maximum Gasteiger partial charge on any atom is 0.407 e. The molecule has 3 aliphatic rings. The number of benzene rings is 4. The highest BCUT2D eigenvalue weighted by Gasteiger charge is 2.24. The third kappa shape index (κ3) is 12.0. The molecule has 2 aliphatic heterocycles. The fourth-order valence-electron chi connectivity index (χ4n) is 6.91. The van der Waals surface area contributed by atoms with E-state index in [-0.39, 0.29) is 18.2 Å². The highest BCUT2D eigenvalue weighted by molar-refractivity contribution is 7.97. The van der Waals surface area contributed by atoms with Crippen LogP contribution in [0.3, 0.4) is 0 Å². The number of nitrogens with one attached hydrogen (secondary N) is 1. The second kappa shape index (κ2) is 18.4. The topological polar surface area (TPSA) is 80.3 Å². The van der Waals surface area contributed by atoms with E-state index in [1.807, 2.05) is 57.0 Å². The van der Waals surface area contributed by atoms with Crippen LogP contribution in [-0.2, 0) is 9.53 Å². The summed E-state index contributed by atoms with van der Waals surface area (Å²) in [6.45, 7) is 8.94. The van der Waals surface area contributed by atoms with Crippen LogP contribution in [0.2, 0.25) is 5.02 Å². The van der Waals surface area contributed by atoms with Crippen LogP contribution in [0.25, 0.3) is 21.9 Å². The number of fused-ring (bicyclic) bond motifs is 1. The van der Waals surface area contributed by atoms with Crippen molar-refractivity contribution in [3.8, 4) is 22.6 Å². The lowest BCUT2D eigenvalue weighted by atomic mass is 10.1. The summed E-state index contributed by atoms with van der Waals surface area (Å²) < 4.78 is 20.1. The molecule has 0 atom stereocenters. The van der Waals surface area contributed by atoms with Crippen LogP contribution in [0.4, 0.5) is 4.79 Å². The lowest BCUT2D eigenvalue weighted by Gasteiger charge is -2.31. The van der Waals surface area contributed by atoms with Crippen molar-refractivity contribution in [2.75, 3.05) is 26.2 Å². The molecule has 2 heterocycles. The molecule has 282 valence electrons. The molecular weight excluding hydrogens is 706 g/mol. The van der Waals surface area contributed by atoms with Gasteiger partial charge in [-0.25, -0.2) is 9.10 Å². The molecule has 3 fully saturated rings. The molecule has 4 aromatic carbocycles. The minimum atomic E-state index is -0.465. The third-order valence-corrected chi connectivity index (χ3v) is 11.1. The van der Waals surface area contributed by atoms with Gasteiger partial charge in [0.2, 0.25) is 6.41 Å². The van der Waals surface area contributed by atoms with Crippen LogP contribution >= 0.6 is 23.5 Å². The number of alkyl carbamates (subject to hydrolysis) is 1. The lowest BCUT2D eigenvalue weighted by Crippen LogP contribution is -2.45. The van der Waals surface area contributed by atoms with Gasteiger partial charge in [-0.1, -0.05) is 48.0 Å². The molecule has 1 saturated carbocycles. The maximum absolute atomic E-state index is 11.5. The molecule has 1 N–H and O–H groups in total. The number of halogens is 1. The van der Waals surface area contributed by atoms with E-state index in [1.54, 1.807) is 4.90 Å². The van der Waals surface area contributed by atoms with Gasteiger partial charge in [0, 0.05) is 42.1 Å². The van der Waals surface area contributed by atoms with E-state index < -0.39 is 5.60 Å². The van der Waals surface area contributed by atoms with E-state index in [2.05, 4.69) is 70.3 Å². The average molecular weight is 758 g/mol. The summed E-state index contributed by atoms with van der Waals surface area (Å²) in [6.07, 6.45) is 9.72. The zero-order valence-electron chi connectivity index (χ0n) is 31.1. The predicted octanol–water partition coefficient (Wildman–Crippen LogP) is 10.2. The monoisotopic (exact) mass is 757 g/mol. The van der Waals surface area contributed by atoms with Gasteiger partial charge in [0.25, 0.3) is 0 Å². The normalized spacial score (nSPS) is 17.5. The second-order valence-electron chi connectivity index (χ2n) is 15.1. The fourth-order valence-corrected chi connectivity index (χ4v) is 8.03. The Hall–Kier alpha value is -3.92. The molecule has 1 aliphatic carbocycles. The number of amides is 2. The first-order valence-corrected chi connectivity index (χ1v) is 20.1. The third-order valence-electron chi connectivity index (χ3n) is 9.76. The minimum Gasteiger partial charge on any atom is -0.490 e. The van der Waals surface area contributed by atoms with Gasteiger partial charge in [-0.2, -0.15) is 0 Å². The van der Waals surface area contributed by atoms with Crippen LogP contribution in [0.5, 0.6) is 11.5 Å². The van der Waals surface area contributed by atoms with Crippen LogP contribution in [0.1, 0.15) is 72.1 Å². The molecular formula is C43H52ClN3O5S. The molecule has 0 radical (unpaired) electrons. The Bertz CT molecular complexity index is 1780. The number of piperidine rings is 2. The number of nitrogens with zero attached hydrogens (tertiary/aromatic N) is 2. The molecule has 10 heteroatoms. The first kappa shape index (κ1) is 38.8. The Labute approximate surface area is 323 Å². The number of carbonyl (C=O) groups is 2.